The van der Waals surface area contributed by atoms with Crippen LogP contribution >= 0.6 is 0 Å². The van der Waals surface area contributed by atoms with Gasteiger partial charge in [0.25, 0.3) is 0 Å². The SMILES string of the molecule is OB(O)c1ccccc1.OC1OC2CO[B-](O)(c3ccccc3)O[C@H]2[C@H](O)[C@@H]1O.OCC1OC(O)[C@@H](O)[C@@H](O)[C@@H]1O.OCC1OC(O)[C@@H](O)[C@H]2O[B-](O)(c3ccccc3)O[C@H]12. The second-order valence-corrected chi connectivity index (χ2v) is 14.6. The van der Waals surface area contributed by atoms with Crippen LogP contribution in [0.15, 0.2) is 91.0 Å². The van der Waals surface area contributed by atoms with Crippen molar-refractivity contribution in [2.75, 3.05) is 19.8 Å². The number of hydrogen-bond donors (Lipinski definition) is 15. The molecule has 61 heavy (non-hydrogen) atoms. The molecule has 17 atom stereocenters. The lowest BCUT2D eigenvalue weighted by Gasteiger charge is -2.53. The summed E-state index contributed by atoms with van der Waals surface area (Å²) in [4.78, 5) is 0. The summed E-state index contributed by atoms with van der Waals surface area (Å²) in [5, 5.41) is 140. The van der Waals surface area contributed by atoms with E-state index in [9.17, 15) is 40.7 Å². The maximum absolute atomic E-state index is 10.5. The summed E-state index contributed by atoms with van der Waals surface area (Å²) in [6, 6.07) is 25.7. The topological polar surface area (TPSA) is 368 Å². The fraction of sp³-hybridized carbons (Fsp3) is 0.500. The molecule has 0 saturated carbocycles. The van der Waals surface area contributed by atoms with Crippen molar-refractivity contribution < 1.29 is 109 Å². The van der Waals surface area contributed by atoms with Crippen molar-refractivity contribution in [1.29, 1.82) is 0 Å². The summed E-state index contributed by atoms with van der Waals surface area (Å²) in [7, 11) is -1.34. The molecule has 0 bridgehead atoms. The lowest BCUT2D eigenvalue weighted by molar-refractivity contribution is -0.296. The lowest BCUT2D eigenvalue weighted by Crippen LogP contribution is -2.70. The van der Waals surface area contributed by atoms with Gasteiger partial charge in [-0.05, 0) is 5.46 Å². The number of aliphatic hydroxyl groups excluding tert-OH is 11. The van der Waals surface area contributed by atoms with Gasteiger partial charge in [-0.2, -0.15) is 0 Å². The Bertz CT molecular complexity index is 1730. The summed E-state index contributed by atoms with van der Waals surface area (Å²) in [5.41, 5.74) is 1.37. The highest BCUT2D eigenvalue weighted by atomic mass is 16.8. The molecule has 338 valence electrons. The zero-order chi connectivity index (χ0) is 44.6. The predicted molar refractivity (Wildman–Crippen MR) is 208 cm³/mol. The maximum atomic E-state index is 10.5. The van der Waals surface area contributed by atoms with Gasteiger partial charge in [-0.1, -0.05) is 91.0 Å². The molecule has 15 N–H and O–H groups in total. The Labute approximate surface area is 348 Å². The number of aliphatic hydroxyl groups is 11. The minimum Gasteiger partial charge on any atom is -0.555 e. The molecule has 8 rings (SSSR count). The van der Waals surface area contributed by atoms with Crippen molar-refractivity contribution in [3.63, 3.8) is 0 Å². The highest BCUT2D eigenvalue weighted by Crippen LogP contribution is 2.34. The van der Waals surface area contributed by atoms with Gasteiger partial charge < -0.3 is 109 Å². The molecule has 0 spiro atoms. The standard InChI is InChI=1S/2C12H16BO7.C6H7BO2.C6H12O6/c14-9-10(15)12(16)19-8-6-18-13(17,20-11(8)9)7-4-2-1-3-5-7;14-6-8-10-11(9(15)12(16)18-8)20-13(17,19-10)7-4-2-1-3-5-7;8-7(9)6-4-2-1-3-5-6;7-1-2-3(8)4(9)5(10)6(11)12-2/h2*1-5,8-12,14-17H,6H2;1-5,8-9H;2-11H,1H2/q2*-1;;/t8?,9-,10+,11-,12?,13?;8?,9-,10+,11+,12?,13?;;2?,3-,4+,5+,6?/m10.1/s1. The van der Waals surface area contributed by atoms with Gasteiger partial charge in [0.15, 0.2) is 18.9 Å². The first kappa shape index (κ1) is 49.0. The monoisotopic (exact) mass is 868 g/mol. The summed E-state index contributed by atoms with van der Waals surface area (Å²) >= 11 is 0. The molecule has 8 unspecified atom stereocenters. The molecule has 0 radical (unpaired) electrons. The van der Waals surface area contributed by atoms with E-state index in [2.05, 4.69) is 4.74 Å². The third kappa shape index (κ3) is 11.6. The van der Waals surface area contributed by atoms with Gasteiger partial charge in [-0.15, -0.1) is 10.9 Å². The molecule has 0 amide bonds. The maximum Gasteiger partial charge on any atom is 0.488 e. The fourth-order valence-corrected chi connectivity index (χ4v) is 6.96. The van der Waals surface area contributed by atoms with E-state index < -0.39 is 126 Å². The molecule has 3 aromatic carbocycles. The third-order valence-electron chi connectivity index (χ3n) is 10.4. The molecule has 3 aromatic rings. The Hall–Kier alpha value is -3.03. The minimum absolute atomic E-state index is 0.0586. The van der Waals surface area contributed by atoms with Crippen LogP contribution in [0.2, 0.25) is 0 Å². The van der Waals surface area contributed by atoms with E-state index in [0.717, 1.165) is 0 Å². The van der Waals surface area contributed by atoms with Crippen LogP contribution in [0.1, 0.15) is 0 Å². The number of fused-ring (bicyclic) bond motifs is 2. The van der Waals surface area contributed by atoms with Crippen LogP contribution in [0.5, 0.6) is 0 Å². The Morgan fingerprint density at radius 1 is 0.475 bits per heavy atom. The smallest absolute Gasteiger partial charge is 0.488 e. The van der Waals surface area contributed by atoms with Crippen molar-refractivity contribution in [2.24, 2.45) is 0 Å². The Kier molecular flexibility index (Phi) is 17.3. The Balaban J connectivity index is 0.000000162. The van der Waals surface area contributed by atoms with Crippen LogP contribution in [-0.2, 0) is 32.8 Å². The first-order valence-electron chi connectivity index (χ1n) is 19.2. The van der Waals surface area contributed by atoms with Crippen molar-refractivity contribution in [2.45, 2.75) is 92.1 Å². The van der Waals surface area contributed by atoms with Crippen LogP contribution in [-0.4, -0.2) is 209 Å². The van der Waals surface area contributed by atoms with E-state index in [-0.39, 0.29) is 6.61 Å². The molecular weight excluding hydrogens is 817 g/mol. The van der Waals surface area contributed by atoms with Gasteiger partial charge >= 0.3 is 20.6 Å². The molecule has 5 aliphatic rings. The van der Waals surface area contributed by atoms with Gasteiger partial charge in [-0.25, -0.2) is 0 Å². The number of benzene rings is 3. The second kappa shape index (κ2) is 21.6. The summed E-state index contributed by atoms with van der Waals surface area (Å²) in [5.74, 6) is 0. The van der Waals surface area contributed by atoms with Crippen LogP contribution in [0, 0.1) is 0 Å². The zero-order valence-electron chi connectivity index (χ0n) is 32.2. The van der Waals surface area contributed by atoms with Gasteiger partial charge in [0, 0.05) is 6.61 Å². The Morgan fingerprint density at radius 3 is 1.44 bits per heavy atom. The Morgan fingerprint density at radius 2 is 0.918 bits per heavy atom. The predicted octanol–water partition coefficient (Wildman–Crippen LogP) is -8.50. The average Bonchev–Trinajstić information content (AvgIpc) is 3.65. The molecule has 5 fully saturated rings. The van der Waals surface area contributed by atoms with Crippen LogP contribution in [0.25, 0.3) is 0 Å². The van der Waals surface area contributed by atoms with Gasteiger partial charge in [0.05, 0.1) is 31.5 Å². The van der Waals surface area contributed by atoms with Crippen molar-refractivity contribution in [3.8, 4) is 0 Å². The molecule has 5 aliphatic heterocycles. The third-order valence-corrected chi connectivity index (χ3v) is 10.4. The van der Waals surface area contributed by atoms with Crippen LogP contribution in [0.3, 0.4) is 0 Å². The van der Waals surface area contributed by atoms with E-state index in [4.69, 9.17) is 63.7 Å². The largest absolute Gasteiger partial charge is 0.555 e. The van der Waals surface area contributed by atoms with Gasteiger partial charge in [0.2, 0.25) is 0 Å². The van der Waals surface area contributed by atoms with Crippen LogP contribution < -0.4 is 16.4 Å². The summed E-state index contributed by atoms with van der Waals surface area (Å²) in [6.45, 7) is -6.54. The second-order valence-electron chi connectivity index (χ2n) is 14.6. The fourth-order valence-electron chi connectivity index (χ4n) is 6.96. The van der Waals surface area contributed by atoms with E-state index in [1.807, 2.05) is 6.07 Å². The van der Waals surface area contributed by atoms with E-state index >= 15 is 0 Å². The molecule has 0 aliphatic carbocycles. The number of hydrogen-bond acceptors (Lipinski definition) is 22. The highest BCUT2D eigenvalue weighted by molar-refractivity contribution is 6.75. The quantitative estimate of drug-likeness (QED) is 0.106. The highest BCUT2D eigenvalue weighted by Gasteiger charge is 2.54. The summed E-state index contributed by atoms with van der Waals surface area (Å²) < 4.78 is 36.4. The summed E-state index contributed by atoms with van der Waals surface area (Å²) in [6.07, 6.45) is -18.7. The number of ether oxygens (including phenoxy) is 3. The van der Waals surface area contributed by atoms with Crippen LogP contribution in [0.4, 0.5) is 0 Å². The zero-order valence-corrected chi connectivity index (χ0v) is 32.2. The lowest BCUT2D eigenvalue weighted by atomic mass is 9.68. The minimum atomic E-state index is -2.78. The first-order chi connectivity index (χ1) is 28.9. The van der Waals surface area contributed by atoms with Crippen molar-refractivity contribution >= 4 is 37.0 Å². The molecule has 5 heterocycles. The number of rotatable bonds is 5. The van der Waals surface area contributed by atoms with Crippen molar-refractivity contribution in [1.82, 2.24) is 0 Å². The van der Waals surface area contributed by atoms with E-state index in [1.165, 1.54) is 0 Å². The molecule has 5 saturated heterocycles. The van der Waals surface area contributed by atoms with E-state index in [1.54, 1.807) is 84.9 Å². The molecule has 22 nitrogen and oxygen atoms in total. The molecular formula is C36H51B3O22-2. The first-order valence-corrected chi connectivity index (χ1v) is 19.2. The normalized spacial score (nSPS) is 40.3. The molecule has 25 heteroatoms. The molecule has 0 aromatic heterocycles. The van der Waals surface area contributed by atoms with Gasteiger partial charge in [0.1, 0.15) is 54.9 Å². The van der Waals surface area contributed by atoms with E-state index in [0.29, 0.717) is 16.4 Å². The average molecular weight is 868 g/mol. The van der Waals surface area contributed by atoms with Crippen molar-refractivity contribution in [3.05, 3.63) is 91.0 Å². The van der Waals surface area contributed by atoms with Gasteiger partial charge in [-0.3, -0.25) is 0 Å².